The van der Waals surface area contributed by atoms with Gasteiger partial charge in [-0.2, -0.15) is 0 Å². The molecule has 8 nitrogen and oxygen atoms in total. The lowest BCUT2D eigenvalue weighted by molar-refractivity contribution is -0.139. The molecule has 2 aliphatic carbocycles. The van der Waals surface area contributed by atoms with E-state index in [1.807, 2.05) is 19.1 Å². The van der Waals surface area contributed by atoms with Crippen LogP contribution in [0.15, 0.2) is 53.4 Å². The lowest BCUT2D eigenvalue weighted by atomic mass is 9.64. The van der Waals surface area contributed by atoms with Gasteiger partial charge in [-0.1, -0.05) is 29.8 Å². The first kappa shape index (κ1) is 29.5. The van der Waals surface area contributed by atoms with Gasteiger partial charge >= 0.3 is 0 Å². The van der Waals surface area contributed by atoms with E-state index < -0.39 is 27.1 Å². The van der Waals surface area contributed by atoms with Gasteiger partial charge in [-0.05, 0) is 106 Å². The molecule has 2 heterocycles. The highest BCUT2D eigenvalue weighted by atomic mass is 35.5. The number of nitrogens with zero attached hydrogens (tertiary/aromatic N) is 1. The number of fused-ring (bicyclic) bond motifs is 4. The molecule has 0 saturated heterocycles. The number of anilines is 1. The van der Waals surface area contributed by atoms with Crippen molar-refractivity contribution < 1.29 is 27.8 Å². The summed E-state index contributed by atoms with van der Waals surface area (Å²) in [5, 5.41) is 12.2. The third-order valence-corrected chi connectivity index (χ3v) is 11.3. The minimum absolute atomic E-state index is 0.0186. The first-order valence-electron chi connectivity index (χ1n) is 14.7. The Hall–Kier alpha value is -2.59. The third kappa shape index (κ3) is 5.34. The Bertz CT molecular complexity index is 1540. The molecule has 1 fully saturated rings. The van der Waals surface area contributed by atoms with Crippen LogP contribution in [0.1, 0.15) is 57.6 Å². The molecule has 2 aromatic rings. The topological polar surface area (TPSA) is 105 Å². The molecule has 42 heavy (non-hydrogen) atoms. The van der Waals surface area contributed by atoms with Crippen LogP contribution in [0.5, 0.6) is 5.75 Å². The fraction of sp³-hybridized carbons (Fsp3) is 0.531. The monoisotopic (exact) mass is 614 g/mol. The molecule has 2 N–H and O–H groups in total. The fourth-order valence-corrected chi connectivity index (χ4v) is 8.45. The Kier molecular flexibility index (Phi) is 7.40. The molecule has 226 valence electrons. The maximum absolute atomic E-state index is 13.5. The summed E-state index contributed by atoms with van der Waals surface area (Å²) in [6, 6.07) is 10.9. The number of amides is 1. The Labute approximate surface area is 253 Å². The number of carbonyl (C=O) groups excluding carboxylic acids is 1. The average Bonchev–Trinajstić information content (AvgIpc) is 3.05. The van der Waals surface area contributed by atoms with Crippen molar-refractivity contribution in [2.75, 3.05) is 31.2 Å². The van der Waals surface area contributed by atoms with E-state index in [0.29, 0.717) is 36.2 Å². The molecule has 2 bridgehead atoms. The molecular formula is C32H39ClN2O6S. The minimum atomic E-state index is -4.19. The normalized spacial score (nSPS) is 32.8. The van der Waals surface area contributed by atoms with Gasteiger partial charge in [0.25, 0.3) is 15.9 Å². The Morgan fingerprint density at radius 1 is 1.12 bits per heavy atom. The number of rotatable bonds is 0. The SMILES string of the molecule is CC1(C)OC/C=C/[C@](C)(O)[C@@H]2CC[C@H]2CN2C[C@@]3(CCCc4cc(Cl)ccc43)COc3ccc(cc32)S(=O)(=O)NC1=O. The van der Waals surface area contributed by atoms with E-state index in [4.69, 9.17) is 21.1 Å². The second-order valence-corrected chi connectivity index (χ2v) is 15.2. The number of halogens is 1. The van der Waals surface area contributed by atoms with Crippen molar-refractivity contribution in [2.45, 2.75) is 74.4 Å². The highest BCUT2D eigenvalue weighted by Gasteiger charge is 2.46. The van der Waals surface area contributed by atoms with E-state index in [1.54, 1.807) is 24.3 Å². The van der Waals surface area contributed by atoms with Crippen LogP contribution >= 0.6 is 11.6 Å². The number of ether oxygens (including phenoxy) is 2. The number of hydrogen-bond acceptors (Lipinski definition) is 7. The highest BCUT2D eigenvalue weighted by Crippen LogP contribution is 2.48. The number of aliphatic hydroxyl groups is 1. The lowest BCUT2D eigenvalue weighted by Crippen LogP contribution is -2.51. The number of hydrogen-bond donors (Lipinski definition) is 2. The zero-order valence-corrected chi connectivity index (χ0v) is 25.9. The second kappa shape index (κ2) is 10.5. The van der Waals surface area contributed by atoms with E-state index >= 15 is 0 Å². The molecule has 10 heteroatoms. The van der Waals surface area contributed by atoms with Gasteiger partial charge in [-0.3, -0.25) is 4.79 Å². The van der Waals surface area contributed by atoms with Crippen LogP contribution in [0.3, 0.4) is 0 Å². The zero-order valence-electron chi connectivity index (χ0n) is 24.4. The summed E-state index contributed by atoms with van der Waals surface area (Å²) < 4.78 is 41.4. The molecule has 4 aliphatic rings. The molecule has 1 saturated carbocycles. The number of carbonyl (C=O) groups is 1. The Morgan fingerprint density at radius 2 is 1.93 bits per heavy atom. The van der Waals surface area contributed by atoms with Crippen LogP contribution < -0.4 is 14.4 Å². The second-order valence-electron chi connectivity index (χ2n) is 13.1. The van der Waals surface area contributed by atoms with Crippen molar-refractivity contribution in [3.8, 4) is 5.75 Å². The van der Waals surface area contributed by atoms with Crippen molar-refractivity contribution in [3.63, 3.8) is 0 Å². The maximum atomic E-state index is 13.5. The molecule has 2 aliphatic heterocycles. The number of nitrogens with one attached hydrogen (secondary N) is 1. The summed E-state index contributed by atoms with van der Waals surface area (Å²) in [7, 11) is -4.19. The molecule has 1 amide bonds. The van der Waals surface area contributed by atoms with Gasteiger partial charge in [0.1, 0.15) is 11.4 Å². The number of sulfonamides is 1. The summed E-state index contributed by atoms with van der Waals surface area (Å²) in [6.45, 7) is 6.65. The average molecular weight is 615 g/mol. The third-order valence-electron chi connectivity index (χ3n) is 9.71. The molecular weight excluding hydrogens is 576 g/mol. The largest absolute Gasteiger partial charge is 0.490 e. The standard InChI is InChI=1S/C32H39ClN2O6S/c1-30(2)29(36)34-42(38,39)24-9-12-28-27(17-24)35(18-22-7-10-25(22)31(3,37)13-5-15-41-30)19-32(20-40-28)14-4-6-21-16-23(33)8-11-26(21)32/h5,8-9,11-13,16-17,22,25,37H,4,6-7,10,14-15,18-20H2,1-3H3,(H,34,36)/b13-5+/t22-,25+,31-,32-/m0/s1. The summed E-state index contributed by atoms with van der Waals surface area (Å²) in [5.74, 6) is 0.0379. The highest BCUT2D eigenvalue weighted by molar-refractivity contribution is 7.90. The molecule has 2 aromatic carbocycles. The van der Waals surface area contributed by atoms with Crippen LogP contribution in [0.2, 0.25) is 5.02 Å². The van der Waals surface area contributed by atoms with Gasteiger partial charge < -0.3 is 19.5 Å². The van der Waals surface area contributed by atoms with E-state index in [2.05, 4.69) is 15.7 Å². The van der Waals surface area contributed by atoms with Crippen molar-refractivity contribution in [1.82, 2.24) is 4.72 Å². The summed E-state index contributed by atoms with van der Waals surface area (Å²) in [4.78, 5) is 15.3. The van der Waals surface area contributed by atoms with Crippen molar-refractivity contribution in [1.29, 1.82) is 0 Å². The quantitative estimate of drug-likeness (QED) is 0.412. The van der Waals surface area contributed by atoms with Crippen LogP contribution in [0.4, 0.5) is 5.69 Å². The van der Waals surface area contributed by atoms with E-state index in [-0.39, 0.29) is 28.8 Å². The maximum Gasteiger partial charge on any atom is 0.265 e. The summed E-state index contributed by atoms with van der Waals surface area (Å²) in [6.07, 6.45) is 8.18. The van der Waals surface area contributed by atoms with Crippen molar-refractivity contribution >= 4 is 33.2 Å². The first-order chi connectivity index (χ1) is 19.8. The predicted octanol–water partition coefficient (Wildman–Crippen LogP) is 4.76. The van der Waals surface area contributed by atoms with Crippen LogP contribution in [-0.2, 0) is 31.4 Å². The Balaban J connectivity index is 1.46. The van der Waals surface area contributed by atoms with Gasteiger partial charge in [0.15, 0.2) is 0 Å². The molecule has 0 unspecified atom stereocenters. The Morgan fingerprint density at radius 3 is 2.69 bits per heavy atom. The minimum Gasteiger partial charge on any atom is -0.490 e. The van der Waals surface area contributed by atoms with Gasteiger partial charge in [0, 0.05) is 23.5 Å². The summed E-state index contributed by atoms with van der Waals surface area (Å²) in [5.41, 5.74) is 0.339. The van der Waals surface area contributed by atoms with Gasteiger partial charge in [0.05, 0.1) is 29.4 Å². The summed E-state index contributed by atoms with van der Waals surface area (Å²) >= 11 is 6.38. The molecule has 6 rings (SSSR count). The van der Waals surface area contributed by atoms with Gasteiger partial charge in [-0.25, -0.2) is 13.1 Å². The van der Waals surface area contributed by atoms with Crippen molar-refractivity contribution in [2.24, 2.45) is 11.8 Å². The van der Waals surface area contributed by atoms with Crippen molar-refractivity contribution in [3.05, 3.63) is 64.7 Å². The van der Waals surface area contributed by atoms with Crippen LogP contribution in [0, 0.1) is 11.8 Å². The zero-order chi connectivity index (χ0) is 29.9. The van der Waals surface area contributed by atoms with Gasteiger partial charge in [-0.15, -0.1) is 0 Å². The van der Waals surface area contributed by atoms with Gasteiger partial charge in [0.2, 0.25) is 0 Å². The smallest absolute Gasteiger partial charge is 0.265 e. The molecule has 1 spiro atoms. The lowest BCUT2D eigenvalue weighted by Gasteiger charge is -2.48. The predicted molar refractivity (Wildman–Crippen MR) is 162 cm³/mol. The number of aryl methyl sites for hydroxylation is 1. The van der Waals surface area contributed by atoms with E-state index in [0.717, 1.165) is 32.1 Å². The van der Waals surface area contributed by atoms with Crippen LogP contribution in [0.25, 0.3) is 0 Å². The molecule has 0 radical (unpaired) electrons. The molecule has 0 aromatic heterocycles. The molecule has 4 atom stereocenters. The first-order valence-corrected chi connectivity index (χ1v) is 16.6. The van der Waals surface area contributed by atoms with Crippen LogP contribution in [-0.4, -0.2) is 56.9 Å². The number of benzene rings is 2. The van der Waals surface area contributed by atoms with E-state index in [1.165, 1.54) is 31.0 Å². The fourth-order valence-electron chi connectivity index (χ4n) is 7.14. The van der Waals surface area contributed by atoms with E-state index in [9.17, 15) is 18.3 Å².